The van der Waals surface area contributed by atoms with Crippen molar-refractivity contribution in [2.24, 2.45) is 29.6 Å². The number of aliphatic hydroxyl groups excluding tert-OH is 1. The van der Waals surface area contributed by atoms with E-state index in [2.05, 4.69) is 0 Å². The first-order valence-electron chi connectivity index (χ1n) is 5.83. The Labute approximate surface area is 108 Å². The number of rotatable bonds is 0. The lowest BCUT2D eigenvalue weighted by Gasteiger charge is -2.55. The Kier molecular flexibility index (Phi) is 1.26. The molecule has 3 unspecified atom stereocenters. The molecule has 0 saturated heterocycles. The van der Waals surface area contributed by atoms with Crippen molar-refractivity contribution in [3.05, 3.63) is 0 Å². The fourth-order valence-electron chi connectivity index (χ4n) is 6.30. The number of halogens is 3. The van der Waals surface area contributed by atoms with E-state index in [9.17, 15) is 10.2 Å². The fourth-order valence-corrected chi connectivity index (χ4v) is 8.40. The van der Waals surface area contributed by atoms with Crippen LogP contribution in [0.3, 0.4) is 0 Å². The summed E-state index contributed by atoms with van der Waals surface area (Å²) in [6.07, 6.45) is 0.483. The summed E-state index contributed by atoms with van der Waals surface area (Å²) >= 11 is 19.8. The highest BCUT2D eigenvalue weighted by Crippen LogP contribution is 2.90. The average molecular weight is 282 g/mol. The predicted molar refractivity (Wildman–Crippen MR) is 59.8 cm³/mol. The van der Waals surface area contributed by atoms with Crippen molar-refractivity contribution in [2.75, 3.05) is 0 Å². The standard InChI is InChI=1S/C11H11Cl3O2/c12-8-9(13)5-3-1-2-4(6(5)15)7(9)11(2,16)10(3,8)14/h2-8,15-16H,1H2/t2?,3-,4?,5+,6?,7-,8+,9+,10+,11-/m0/s1. The van der Waals surface area contributed by atoms with Crippen LogP contribution in [0.15, 0.2) is 0 Å². The Hall–Kier alpha value is 0.790. The molecule has 0 aromatic rings. The summed E-state index contributed by atoms with van der Waals surface area (Å²) in [5.74, 6) is 0.242. The van der Waals surface area contributed by atoms with Gasteiger partial charge in [-0.15, -0.1) is 34.8 Å². The number of hydrogen-bond acceptors (Lipinski definition) is 2. The van der Waals surface area contributed by atoms with Crippen LogP contribution >= 0.6 is 34.8 Å². The van der Waals surface area contributed by atoms with Crippen LogP contribution in [0.4, 0.5) is 0 Å². The molecule has 5 aliphatic rings. The minimum absolute atomic E-state index is 0.0109. The minimum Gasteiger partial charge on any atom is -0.392 e. The first kappa shape index (κ1) is 9.69. The van der Waals surface area contributed by atoms with Gasteiger partial charge in [-0.05, 0) is 24.2 Å². The summed E-state index contributed by atoms with van der Waals surface area (Å²) in [5, 5.41) is 20.7. The highest BCUT2D eigenvalue weighted by molar-refractivity contribution is 6.42. The van der Waals surface area contributed by atoms with Gasteiger partial charge in [-0.3, -0.25) is 0 Å². The lowest BCUT2D eigenvalue weighted by Crippen LogP contribution is -2.66. The molecule has 0 aromatic carbocycles. The highest BCUT2D eigenvalue weighted by atomic mass is 35.5. The van der Waals surface area contributed by atoms with Crippen LogP contribution in [0.2, 0.25) is 0 Å². The van der Waals surface area contributed by atoms with Crippen LogP contribution in [-0.2, 0) is 0 Å². The molecule has 16 heavy (non-hydrogen) atoms. The van der Waals surface area contributed by atoms with Gasteiger partial charge >= 0.3 is 0 Å². The highest BCUT2D eigenvalue weighted by Gasteiger charge is 2.99. The SMILES string of the molecule is OC1C2C3C[C@H]4[C@H]1[C@]1(Cl)[C@@H](Cl)[C@@]4(Cl)[C@@]3(O)[C@@H]21. The van der Waals surface area contributed by atoms with Gasteiger partial charge in [0.15, 0.2) is 0 Å². The van der Waals surface area contributed by atoms with Crippen LogP contribution in [0.1, 0.15) is 6.42 Å². The zero-order valence-corrected chi connectivity index (χ0v) is 10.5. The maximum absolute atomic E-state index is 10.8. The van der Waals surface area contributed by atoms with E-state index in [-0.39, 0.29) is 29.6 Å². The molecule has 5 saturated carbocycles. The summed E-state index contributed by atoms with van der Waals surface area (Å²) in [6, 6.07) is 0. The van der Waals surface area contributed by atoms with E-state index in [0.29, 0.717) is 0 Å². The minimum atomic E-state index is -0.911. The van der Waals surface area contributed by atoms with E-state index >= 15 is 0 Å². The second kappa shape index (κ2) is 2.08. The van der Waals surface area contributed by atoms with Crippen molar-refractivity contribution in [3.63, 3.8) is 0 Å². The third-order valence-electron chi connectivity index (χ3n) is 6.49. The van der Waals surface area contributed by atoms with Crippen molar-refractivity contribution < 1.29 is 10.2 Å². The van der Waals surface area contributed by atoms with Crippen molar-refractivity contribution in [1.82, 2.24) is 0 Å². The van der Waals surface area contributed by atoms with Crippen LogP contribution in [0.25, 0.3) is 0 Å². The summed E-state index contributed by atoms with van der Waals surface area (Å²) in [4.78, 5) is -1.45. The molecule has 0 aliphatic heterocycles. The molecule has 2 N–H and O–H groups in total. The van der Waals surface area contributed by atoms with Crippen molar-refractivity contribution in [3.8, 4) is 0 Å². The Balaban J connectivity index is 1.91. The molecule has 5 aliphatic carbocycles. The molecule has 0 aromatic heterocycles. The third-order valence-corrected chi connectivity index (χ3v) is 8.93. The Bertz CT molecular complexity index is 445. The summed E-state index contributed by atoms with van der Waals surface area (Å²) in [7, 11) is 0. The largest absolute Gasteiger partial charge is 0.392 e. The van der Waals surface area contributed by atoms with Gasteiger partial charge in [0.2, 0.25) is 0 Å². The molecule has 5 rings (SSSR count). The van der Waals surface area contributed by atoms with Gasteiger partial charge in [-0.2, -0.15) is 0 Å². The fraction of sp³-hybridized carbons (Fsp3) is 1.00. The van der Waals surface area contributed by atoms with Gasteiger partial charge < -0.3 is 10.2 Å². The Morgan fingerprint density at radius 1 is 1.19 bits per heavy atom. The quantitative estimate of drug-likeness (QED) is 0.655. The lowest BCUT2D eigenvalue weighted by molar-refractivity contribution is -0.182. The van der Waals surface area contributed by atoms with Crippen molar-refractivity contribution in [1.29, 1.82) is 0 Å². The average Bonchev–Trinajstić information content (AvgIpc) is 2.55. The zero-order valence-electron chi connectivity index (χ0n) is 8.28. The molecule has 0 radical (unpaired) electrons. The normalized spacial score (nSPS) is 85.7. The van der Waals surface area contributed by atoms with Gasteiger partial charge in [0.25, 0.3) is 0 Å². The van der Waals surface area contributed by atoms with Gasteiger partial charge in [0.05, 0.1) is 26.8 Å². The number of aliphatic hydroxyl groups is 2. The van der Waals surface area contributed by atoms with E-state index in [1.807, 2.05) is 0 Å². The van der Waals surface area contributed by atoms with E-state index in [1.54, 1.807) is 0 Å². The van der Waals surface area contributed by atoms with E-state index in [1.165, 1.54) is 0 Å². The lowest BCUT2D eigenvalue weighted by atomic mass is 9.55. The molecule has 2 bridgehead atoms. The Morgan fingerprint density at radius 2 is 1.88 bits per heavy atom. The maximum Gasteiger partial charge on any atom is 0.0951 e. The van der Waals surface area contributed by atoms with Crippen LogP contribution in [0, 0.1) is 29.6 Å². The van der Waals surface area contributed by atoms with Crippen LogP contribution < -0.4 is 0 Å². The maximum atomic E-state index is 10.8. The molecule has 0 amide bonds. The number of fused-ring (bicyclic) bond motifs is 2. The van der Waals surface area contributed by atoms with Crippen molar-refractivity contribution in [2.45, 2.75) is 33.3 Å². The molecule has 88 valence electrons. The number of hydrogen-bond donors (Lipinski definition) is 2. The second-order valence-electron chi connectivity index (χ2n) is 6.30. The molecule has 10 atom stereocenters. The van der Waals surface area contributed by atoms with E-state index < -0.39 is 26.8 Å². The van der Waals surface area contributed by atoms with Crippen molar-refractivity contribution >= 4 is 34.8 Å². The Morgan fingerprint density at radius 3 is 2.56 bits per heavy atom. The monoisotopic (exact) mass is 280 g/mol. The van der Waals surface area contributed by atoms with E-state index in [0.717, 1.165) is 6.42 Å². The predicted octanol–water partition coefficient (Wildman–Crippen LogP) is 1.18. The first-order valence-corrected chi connectivity index (χ1v) is 7.02. The van der Waals surface area contributed by atoms with Crippen LogP contribution in [0.5, 0.6) is 0 Å². The molecular weight excluding hydrogens is 270 g/mol. The summed E-state index contributed by atoms with van der Waals surface area (Å²) in [5.41, 5.74) is -0.911. The molecule has 5 fully saturated rings. The van der Waals surface area contributed by atoms with Gasteiger partial charge in [-0.1, -0.05) is 0 Å². The third kappa shape index (κ3) is 0.490. The zero-order chi connectivity index (χ0) is 11.2. The smallest absolute Gasteiger partial charge is 0.0951 e. The molecule has 2 nitrogen and oxygen atoms in total. The molecule has 0 heterocycles. The molecule has 5 heteroatoms. The first-order chi connectivity index (χ1) is 7.41. The number of alkyl halides is 3. The summed E-state index contributed by atoms with van der Waals surface area (Å²) in [6.45, 7) is 0. The van der Waals surface area contributed by atoms with Gasteiger partial charge in [-0.25, -0.2) is 0 Å². The van der Waals surface area contributed by atoms with E-state index in [4.69, 9.17) is 34.8 Å². The van der Waals surface area contributed by atoms with Crippen LogP contribution in [-0.4, -0.2) is 37.0 Å². The molecule has 0 spiro atoms. The van der Waals surface area contributed by atoms with Gasteiger partial charge in [0, 0.05) is 11.8 Å². The second-order valence-corrected chi connectivity index (χ2v) is 8.02. The van der Waals surface area contributed by atoms with Gasteiger partial charge in [0.1, 0.15) is 0 Å². The summed E-state index contributed by atoms with van der Waals surface area (Å²) < 4.78 is 0. The topological polar surface area (TPSA) is 40.5 Å². The molecular formula is C11H11Cl3O2.